The van der Waals surface area contributed by atoms with Gasteiger partial charge in [0.05, 0.1) is 17.0 Å². The topological polar surface area (TPSA) is 75.7 Å². The number of nitrogens with one attached hydrogen (secondary N) is 1. The van der Waals surface area contributed by atoms with Crippen molar-refractivity contribution in [1.29, 1.82) is 0 Å². The van der Waals surface area contributed by atoms with Gasteiger partial charge in [-0.3, -0.25) is 4.79 Å². The summed E-state index contributed by atoms with van der Waals surface area (Å²) in [6.07, 6.45) is -0.351. The Kier molecular flexibility index (Phi) is 3.23. The molecule has 6 nitrogen and oxygen atoms in total. The molecule has 1 aromatic carbocycles. The third-order valence-electron chi connectivity index (χ3n) is 3.44. The minimum Gasteiger partial charge on any atom is -0.365 e. The summed E-state index contributed by atoms with van der Waals surface area (Å²) in [7, 11) is -3.77. The number of sulfonamides is 1. The number of carbonyl (C=O) groups excluding carboxylic acids is 1. The molecule has 2 heterocycles. The third kappa shape index (κ3) is 2.30. The van der Waals surface area contributed by atoms with E-state index >= 15 is 0 Å². The first kappa shape index (κ1) is 13.5. The molecule has 0 saturated carbocycles. The van der Waals surface area contributed by atoms with E-state index in [2.05, 4.69) is 5.32 Å². The van der Waals surface area contributed by atoms with Crippen molar-refractivity contribution in [3.05, 3.63) is 30.1 Å². The van der Waals surface area contributed by atoms with Gasteiger partial charge in [-0.2, -0.15) is 4.31 Å². The molecule has 0 spiro atoms. The summed E-state index contributed by atoms with van der Waals surface area (Å²) < 4.78 is 44.5. The maximum Gasteiger partial charge on any atom is 0.246 e. The first-order chi connectivity index (χ1) is 9.46. The third-order valence-corrected chi connectivity index (χ3v) is 5.27. The molecule has 0 aliphatic carbocycles. The fourth-order valence-corrected chi connectivity index (χ4v) is 3.96. The standard InChI is InChI=1S/C12H13FN2O4S/c13-8-2-1-3-9(4-8)20(17,18)15-5-10-11(6-15)19-7-12(16)14-10/h1-4,10-11H,5-7H2,(H,14,16). The van der Waals surface area contributed by atoms with Gasteiger partial charge in [0.2, 0.25) is 15.9 Å². The molecule has 2 saturated heterocycles. The number of hydrogen-bond acceptors (Lipinski definition) is 4. The number of halogens is 1. The van der Waals surface area contributed by atoms with E-state index in [9.17, 15) is 17.6 Å². The second-order valence-electron chi connectivity index (χ2n) is 4.80. The number of nitrogens with zero attached hydrogens (tertiary/aromatic N) is 1. The average molecular weight is 300 g/mol. The van der Waals surface area contributed by atoms with E-state index in [0.717, 1.165) is 6.07 Å². The summed E-state index contributed by atoms with van der Waals surface area (Å²) in [6, 6.07) is 4.52. The largest absolute Gasteiger partial charge is 0.365 e. The van der Waals surface area contributed by atoms with E-state index in [1.165, 1.54) is 22.5 Å². The Morgan fingerprint density at radius 3 is 2.90 bits per heavy atom. The molecule has 0 bridgehead atoms. The molecule has 3 rings (SSSR count). The molecule has 8 heteroatoms. The van der Waals surface area contributed by atoms with Crippen molar-refractivity contribution in [1.82, 2.24) is 9.62 Å². The quantitative estimate of drug-likeness (QED) is 0.814. The second-order valence-corrected chi connectivity index (χ2v) is 6.74. The van der Waals surface area contributed by atoms with Crippen LogP contribution in [0, 0.1) is 5.82 Å². The van der Waals surface area contributed by atoms with Gasteiger partial charge >= 0.3 is 0 Å². The van der Waals surface area contributed by atoms with Crippen LogP contribution in [0.5, 0.6) is 0 Å². The fraction of sp³-hybridized carbons (Fsp3) is 0.417. The Bertz CT molecular complexity index is 649. The van der Waals surface area contributed by atoms with Crippen LogP contribution in [0.3, 0.4) is 0 Å². The number of rotatable bonds is 2. The zero-order chi connectivity index (χ0) is 14.3. The van der Waals surface area contributed by atoms with E-state index in [1.807, 2.05) is 0 Å². The number of hydrogen-bond donors (Lipinski definition) is 1. The number of amides is 1. The molecule has 20 heavy (non-hydrogen) atoms. The van der Waals surface area contributed by atoms with Crippen LogP contribution in [0.1, 0.15) is 0 Å². The Morgan fingerprint density at radius 1 is 1.35 bits per heavy atom. The maximum absolute atomic E-state index is 13.2. The molecule has 0 radical (unpaired) electrons. The van der Waals surface area contributed by atoms with E-state index in [4.69, 9.17) is 4.74 Å². The van der Waals surface area contributed by atoms with Crippen LogP contribution >= 0.6 is 0 Å². The number of benzene rings is 1. The van der Waals surface area contributed by atoms with Crippen molar-refractivity contribution in [2.45, 2.75) is 17.0 Å². The van der Waals surface area contributed by atoms with Crippen LogP contribution in [0.4, 0.5) is 4.39 Å². The minimum absolute atomic E-state index is 0.0605. The van der Waals surface area contributed by atoms with Gasteiger partial charge in [0.25, 0.3) is 0 Å². The lowest BCUT2D eigenvalue weighted by Crippen LogP contribution is -2.50. The Balaban J connectivity index is 1.85. The highest BCUT2D eigenvalue weighted by molar-refractivity contribution is 7.89. The van der Waals surface area contributed by atoms with E-state index < -0.39 is 15.8 Å². The SMILES string of the molecule is O=C1COC2CN(S(=O)(=O)c3cccc(F)c3)CC2N1. The highest BCUT2D eigenvalue weighted by atomic mass is 32.2. The summed E-state index contributed by atoms with van der Waals surface area (Å²) in [5.74, 6) is -0.858. The van der Waals surface area contributed by atoms with Crippen molar-refractivity contribution in [2.75, 3.05) is 19.7 Å². The Labute approximate surface area is 115 Å². The lowest BCUT2D eigenvalue weighted by molar-refractivity contribution is -0.134. The molecule has 108 valence electrons. The number of morpholine rings is 1. The maximum atomic E-state index is 13.2. The van der Waals surface area contributed by atoms with Crippen molar-refractivity contribution in [3.63, 3.8) is 0 Å². The molecular formula is C12H13FN2O4S. The van der Waals surface area contributed by atoms with E-state index in [-0.39, 0.29) is 42.6 Å². The summed E-state index contributed by atoms with van der Waals surface area (Å²) >= 11 is 0. The van der Waals surface area contributed by atoms with Crippen LogP contribution in [0.15, 0.2) is 29.2 Å². The Hall–Kier alpha value is -1.51. The zero-order valence-electron chi connectivity index (χ0n) is 10.5. The minimum atomic E-state index is -3.77. The number of carbonyl (C=O) groups is 1. The number of ether oxygens (including phenoxy) is 1. The molecule has 2 aliphatic rings. The molecule has 2 atom stereocenters. The van der Waals surface area contributed by atoms with E-state index in [1.54, 1.807) is 0 Å². The smallest absolute Gasteiger partial charge is 0.246 e. The van der Waals surface area contributed by atoms with Gasteiger partial charge in [-0.05, 0) is 18.2 Å². The van der Waals surface area contributed by atoms with Crippen molar-refractivity contribution < 1.29 is 22.3 Å². The first-order valence-corrected chi connectivity index (χ1v) is 7.57. The highest BCUT2D eigenvalue weighted by Gasteiger charge is 2.43. The van der Waals surface area contributed by atoms with Gasteiger partial charge in [0.1, 0.15) is 12.4 Å². The summed E-state index contributed by atoms with van der Waals surface area (Å²) in [5, 5.41) is 2.70. The van der Waals surface area contributed by atoms with Crippen LogP contribution in [-0.4, -0.2) is 50.5 Å². The molecule has 2 aliphatic heterocycles. The van der Waals surface area contributed by atoms with E-state index in [0.29, 0.717) is 0 Å². The van der Waals surface area contributed by atoms with Crippen molar-refractivity contribution in [2.24, 2.45) is 0 Å². The van der Waals surface area contributed by atoms with Crippen molar-refractivity contribution in [3.8, 4) is 0 Å². The Morgan fingerprint density at radius 2 is 2.15 bits per heavy atom. The van der Waals surface area contributed by atoms with Gasteiger partial charge in [-0.25, -0.2) is 12.8 Å². The molecular weight excluding hydrogens is 287 g/mol. The summed E-state index contributed by atoms with van der Waals surface area (Å²) in [4.78, 5) is 11.1. The predicted molar refractivity (Wildman–Crippen MR) is 66.8 cm³/mol. The van der Waals surface area contributed by atoms with Crippen LogP contribution in [-0.2, 0) is 19.6 Å². The van der Waals surface area contributed by atoms with Gasteiger partial charge in [-0.15, -0.1) is 0 Å². The zero-order valence-corrected chi connectivity index (χ0v) is 11.3. The molecule has 2 unspecified atom stereocenters. The van der Waals surface area contributed by atoms with Gasteiger partial charge in [0, 0.05) is 13.1 Å². The molecule has 2 fully saturated rings. The fourth-order valence-electron chi connectivity index (χ4n) is 2.45. The molecule has 1 N–H and O–H groups in total. The van der Waals surface area contributed by atoms with Gasteiger partial charge in [-0.1, -0.05) is 6.07 Å². The normalized spacial score (nSPS) is 27.1. The number of fused-ring (bicyclic) bond motifs is 1. The predicted octanol–water partition coefficient (Wildman–Crippen LogP) is -0.286. The van der Waals surface area contributed by atoms with Crippen LogP contribution in [0.2, 0.25) is 0 Å². The molecule has 1 amide bonds. The lowest BCUT2D eigenvalue weighted by atomic mass is 10.2. The van der Waals surface area contributed by atoms with Crippen molar-refractivity contribution >= 4 is 15.9 Å². The molecule has 0 aromatic heterocycles. The van der Waals surface area contributed by atoms with Crippen LogP contribution in [0.25, 0.3) is 0 Å². The van der Waals surface area contributed by atoms with Gasteiger partial charge in [0.15, 0.2) is 0 Å². The van der Waals surface area contributed by atoms with Crippen LogP contribution < -0.4 is 5.32 Å². The summed E-state index contributed by atoms with van der Waals surface area (Å²) in [6.45, 7) is 0.230. The first-order valence-electron chi connectivity index (χ1n) is 6.13. The average Bonchev–Trinajstić information content (AvgIpc) is 2.82. The molecule has 1 aromatic rings. The highest BCUT2D eigenvalue weighted by Crippen LogP contribution is 2.24. The second kappa shape index (κ2) is 4.80. The summed E-state index contributed by atoms with van der Waals surface area (Å²) in [5.41, 5.74) is 0. The monoisotopic (exact) mass is 300 g/mol. The lowest BCUT2D eigenvalue weighted by Gasteiger charge is -2.24. The van der Waals surface area contributed by atoms with Gasteiger partial charge < -0.3 is 10.1 Å².